The number of nitrogens with zero attached hydrogens (tertiary/aromatic N) is 2. The van der Waals surface area contributed by atoms with Crippen LogP contribution in [0.1, 0.15) is 10.4 Å². The molecule has 0 unspecified atom stereocenters. The van der Waals surface area contributed by atoms with E-state index in [-0.39, 0.29) is 5.91 Å². The Balaban J connectivity index is 1.98. The first-order chi connectivity index (χ1) is 8.34. The quantitative estimate of drug-likeness (QED) is 0.726. The Bertz CT molecular complexity index is 659. The zero-order valence-corrected chi connectivity index (χ0v) is 9.49. The summed E-state index contributed by atoms with van der Waals surface area (Å²) in [4.78, 5) is 15.1. The molecule has 2 N–H and O–H groups in total. The molecule has 0 atom stereocenters. The van der Waals surface area contributed by atoms with Gasteiger partial charge in [0, 0.05) is 34.2 Å². The van der Waals surface area contributed by atoms with Crippen molar-refractivity contribution < 1.29 is 4.79 Å². The molecule has 1 aromatic carbocycles. The smallest absolute Gasteiger partial charge is 0.257 e. The van der Waals surface area contributed by atoms with Crippen LogP contribution < -0.4 is 5.32 Å². The summed E-state index contributed by atoms with van der Waals surface area (Å²) in [6, 6.07) is 7.45. The van der Waals surface area contributed by atoms with Crippen molar-refractivity contribution in [3.8, 4) is 0 Å². The maximum absolute atomic E-state index is 12.1. The number of anilines is 1. The average Bonchev–Trinajstić information content (AvgIpc) is 2.97. The Labute approximate surface area is 101 Å². The number of fused-ring (bicyclic) bond motifs is 1. The maximum atomic E-state index is 12.1. The summed E-state index contributed by atoms with van der Waals surface area (Å²) in [5.74, 6) is -0.152. The molecule has 0 saturated carbocycles. The first-order valence-corrected chi connectivity index (χ1v) is 5.77. The van der Waals surface area contributed by atoms with Crippen molar-refractivity contribution in [1.29, 1.82) is 0 Å². The van der Waals surface area contributed by atoms with Gasteiger partial charge in [-0.25, -0.2) is 0 Å². The monoisotopic (exact) mass is 244 g/mol. The molecule has 0 aliphatic rings. The van der Waals surface area contributed by atoms with E-state index in [0.29, 0.717) is 10.6 Å². The second kappa shape index (κ2) is 3.99. The van der Waals surface area contributed by atoms with Gasteiger partial charge in [0.25, 0.3) is 5.91 Å². The lowest BCUT2D eigenvalue weighted by Gasteiger charge is -2.02. The van der Waals surface area contributed by atoms with Crippen LogP contribution in [0.4, 0.5) is 5.00 Å². The fourth-order valence-corrected chi connectivity index (χ4v) is 2.10. The minimum Gasteiger partial charge on any atom is -0.361 e. The highest BCUT2D eigenvalue weighted by atomic mass is 32.1. The Morgan fingerprint density at radius 3 is 3.12 bits per heavy atom. The van der Waals surface area contributed by atoms with Gasteiger partial charge >= 0.3 is 0 Å². The van der Waals surface area contributed by atoms with Gasteiger partial charge in [-0.2, -0.15) is 0 Å². The summed E-state index contributed by atoms with van der Waals surface area (Å²) in [7, 11) is 0. The third-order valence-corrected chi connectivity index (χ3v) is 3.02. The molecule has 6 heteroatoms. The molecular formula is C11H8N4OS. The van der Waals surface area contributed by atoms with E-state index in [9.17, 15) is 4.79 Å². The van der Waals surface area contributed by atoms with Crippen molar-refractivity contribution in [2.45, 2.75) is 0 Å². The summed E-state index contributed by atoms with van der Waals surface area (Å²) >= 11 is 1.15. The van der Waals surface area contributed by atoms with Crippen LogP contribution in [0.3, 0.4) is 0 Å². The lowest BCUT2D eigenvalue weighted by atomic mass is 10.1. The topological polar surface area (TPSA) is 70.7 Å². The third-order valence-electron chi connectivity index (χ3n) is 2.44. The van der Waals surface area contributed by atoms with E-state index >= 15 is 0 Å². The number of rotatable bonds is 2. The van der Waals surface area contributed by atoms with E-state index in [2.05, 4.69) is 19.9 Å². The summed E-state index contributed by atoms with van der Waals surface area (Å²) in [5, 5.41) is 7.98. The summed E-state index contributed by atoms with van der Waals surface area (Å²) < 4.78 is 3.69. The molecule has 3 aromatic rings. The predicted octanol–water partition coefficient (Wildman–Crippen LogP) is 2.27. The Kier molecular flexibility index (Phi) is 2.34. The number of H-pyrrole nitrogens is 1. The highest BCUT2D eigenvalue weighted by Crippen LogP contribution is 2.19. The minimum absolute atomic E-state index is 0.152. The average molecular weight is 244 g/mol. The number of aromatic amines is 1. The molecule has 3 rings (SSSR count). The molecule has 0 aliphatic carbocycles. The zero-order chi connectivity index (χ0) is 11.7. The number of amides is 1. The SMILES string of the molecule is O=C(Nc1cnns1)c1cccc2[nH]ccc12. The van der Waals surface area contributed by atoms with E-state index in [0.717, 1.165) is 22.4 Å². The number of benzene rings is 1. The maximum Gasteiger partial charge on any atom is 0.257 e. The van der Waals surface area contributed by atoms with Gasteiger partial charge in [0.15, 0.2) is 0 Å². The molecular weight excluding hydrogens is 236 g/mol. The van der Waals surface area contributed by atoms with Gasteiger partial charge in [-0.1, -0.05) is 10.6 Å². The number of hydrogen-bond donors (Lipinski definition) is 2. The van der Waals surface area contributed by atoms with Crippen molar-refractivity contribution in [2.75, 3.05) is 5.32 Å². The molecule has 0 bridgehead atoms. The lowest BCUT2D eigenvalue weighted by Crippen LogP contribution is -2.11. The Hall–Kier alpha value is -2.21. The van der Waals surface area contributed by atoms with E-state index in [1.165, 1.54) is 6.20 Å². The van der Waals surface area contributed by atoms with Crippen LogP contribution in [0.2, 0.25) is 0 Å². The predicted molar refractivity (Wildman–Crippen MR) is 66.2 cm³/mol. The van der Waals surface area contributed by atoms with Gasteiger partial charge in [0.05, 0.1) is 6.20 Å². The largest absolute Gasteiger partial charge is 0.361 e. The van der Waals surface area contributed by atoms with Gasteiger partial charge < -0.3 is 10.3 Å². The fraction of sp³-hybridized carbons (Fsp3) is 0. The van der Waals surface area contributed by atoms with Gasteiger partial charge in [-0.15, -0.1) is 5.10 Å². The first-order valence-electron chi connectivity index (χ1n) is 4.99. The Morgan fingerprint density at radius 2 is 2.29 bits per heavy atom. The first kappa shape index (κ1) is 9.98. The van der Waals surface area contributed by atoms with E-state index in [4.69, 9.17) is 0 Å². The van der Waals surface area contributed by atoms with Gasteiger partial charge in [0.2, 0.25) is 0 Å². The molecule has 2 aromatic heterocycles. The van der Waals surface area contributed by atoms with Crippen LogP contribution >= 0.6 is 11.5 Å². The van der Waals surface area contributed by atoms with E-state index in [1.54, 1.807) is 6.07 Å². The highest BCUT2D eigenvalue weighted by Gasteiger charge is 2.11. The second-order valence-electron chi connectivity index (χ2n) is 3.48. The van der Waals surface area contributed by atoms with Crippen molar-refractivity contribution >= 4 is 33.3 Å². The second-order valence-corrected chi connectivity index (χ2v) is 4.27. The summed E-state index contributed by atoms with van der Waals surface area (Å²) in [5.41, 5.74) is 1.58. The van der Waals surface area contributed by atoms with E-state index in [1.807, 2.05) is 24.4 Å². The van der Waals surface area contributed by atoms with Crippen molar-refractivity contribution in [1.82, 2.24) is 14.6 Å². The van der Waals surface area contributed by atoms with Gasteiger partial charge in [-0.05, 0) is 18.2 Å². The minimum atomic E-state index is -0.152. The molecule has 0 aliphatic heterocycles. The van der Waals surface area contributed by atoms with Crippen LogP contribution in [0, 0.1) is 0 Å². The van der Waals surface area contributed by atoms with Crippen molar-refractivity contribution in [2.24, 2.45) is 0 Å². The van der Waals surface area contributed by atoms with Gasteiger partial charge in [-0.3, -0.25) is 4.79 Å². The molecule has 0 fully saturated rings. The molecule has 17 heavy (non-hydrogen) atoms. The molecule has 5 nitrogen and oxygen atoms in total. The lowest BCUT2D eigenvalue weighted by molar-refractivity contribution is 0.102. The summed E-state index contributed by atoms with van der Waals surface area (Å²) in [6.07, 6.45) is 3.34. The number of carbonyl (C=O) groups excluding carboxylic acids is 1. The molecule has 0 saturated heterocycles. The molecule has 84 valence electrons. The Morgan fingerprint density at radius 1 is 1.35 bits per heavy atom. The molecule has 2 heterocycles. The third kappa shape index (κ3) is 1.78. The fourth-order valence-electron chi connectivity index (χ4n) is 1.68. The van der Waals surface area contributed by atoms with E-state index < -0.39 is 0 Å². The number of carbonyl (C=O) groups is 1. The van der Waals surface area contributed by atoms with Crippen molar-refractivity contribution in [3.05, 3.63) is 42.2 Å². The van der Waals surface area contributed by atoms with Crippen LogP contribution in [-0.4, -0.2) is 20.5 Å². The van der Waals surface area contributed by atoms with Crippen LogP contribution in [-0.2, 0) is 0 Å². The van der Waals surface area contributed by atoms with Crippen molar-refractivity contribution in [3.63, 3.8) is 0 Å². The summed E-state index contributed by atoms with van der Waals surface area (Å²) in [6.45, 7) is 0. The zero-order valence-electron chi connectivity index (χ0n) is 8.68. The number of hydrogen-bond acceptors (Lipinski definition) is 4. The van der Waals surface area contributed by atoms with Crippen LogP contribution in [0.25, 0.3) is 10.9 Å². The molecule has 0 radical (unpaired) electrons. The molecule has 1 amide bonds. The van der Waals surface area contributed by atoms with Crippen LogP contribution in [0.5, 0.6) is 0 Å². The number of aromatic nitrogens is 3. The normalized spacial score (nSPS) is 10.6. The van der Waals surface area contributed by atoms with Gasteiger partial charge in [0.1, 0.15) is 5.00 Å². The molecule has 0 spiro atoms. The highest BCUT2D eigenvalue weighted by molar-refractivity contribution is 7.10. The van der Waals surface area contributed by atoms with Crippen LogP contribution in [0.15, 0.2) is 36.7 Å². The number of nitrogens with one attached hydrogen (secondary N) is 2. The standard InChI is InChI=1S/C11H8N4OS/c16-11(14-10-6-13-15-17-10)8-2-1-3-9-7(8)4-5-12-9/h1-6,12H,(H,14,16).